The summed E-state index contributed by atoms with van der Waals surface area (Å²) in [5.41, 5.74) is 1.24. The molecule has 4 nitrogen and oxygen atoms in total. The Morgan fingerprint density at radius 1 is 0.958 bits per heavy atom. The molecule has 1 fully saturated rings. The van der Waals surface area contributed by atoms with E-state index in [2.05, 4.69) is 41.0 Å². The first-order chi connectivity index (χ1) is 11.6. The monoisotopic (exact) mass is 344 g/mol. The lowest BCUT2D eigenvalue weighted by molar-refractivity contribution is 0.200. The molecule has 1 atom stereocenters. The van der Waals surface area contributed by atoms with Gasteiger partial charge < -0.3 is 4.90 Å². The van der Waals surface area contributed by atoms with Crippen LogP contribution in [0.2, 0.25) is 0 Å². The number of hydrogen-bond acceptors (Lipinski definition) is 4. The van der Waals surface area contributed by atoms with Crippen molar-refractivity contribution in [2.45, 2.75) is 17.9 Å². The molecule has 0 bridgehead atoms. The first-order valence-corrected chi connectivity index (χ1v) is 10.0. The van der Waals surface area contributed by atoms with E-state index in [0.717, 1.165) is 19.6 Å². The van der Waals surface area contributed by atoms with Gasteiger partial charge in [0.2, 0.25) is 0 Å². The molecule has 0 unspecified atom stereocenters. The summed E-state index contributed by atoms with van der Waals surface area (Å²) in [6.07, 6.45) is 0. The second kappa shape index (κ2) is 7.36. The fourth-order valence-electron chi connectivity index (χ4n) is 3.18. The molecule has 2 aromatic carbocycles. The Labute approximate surface area is 144 Å². The molecule has 24 heavy (non-hydrogen) atoms. The summed E-state index contributed by atoms with van der Waals surface area (Å²) in [4.78, 5) is 5.06. The Morgan fingerprint density at radius 2 is 1.58 bits per heavy atom. The summed E-state index contributed by atoms with van der Waals surface area (Å²) in [6.45, 7) is 5.50. The largest absolute Gasteiger partial charge is 0.369 e. The highest BCUT2D eigenvalue weighted by molar-refractivity contribution is 7.91. The van der Waals surface area contributed by atoms with Gasteiger partial charge in [-0.15, -0.1) is 0 Å². The van der Waals surface area contributed by atoms with Gasteiger partial charge in [0, 0.05) is 37.9 Å². The minimum Gasteiger partial charge on any atom is -0.369 e. The Bertz CT molecular complexity index is 747. The lowest BCUT2D eigenvalue weighted by atomic mass is 10.1. The topological polar surface area (TPSA) is 40.6 Å². The van der Waals surface area contributed by atoms with Crippen molar-refractivity contribution in [1.82, 2.24) is 4.90 Å². The molecular formula is C19H24N2O2S. The number of hydrogen-bond donors (Lipinski definition) is 0. The van der Waals surface area contributed by atoms with Gasteiger partial charge in [-0.3, -0.25) is 4.90 Å². The van der Waals surface area contributed by atoms with Gasteiger partial charge in [0.25, 0.3) is 0 Å². The summed E-state index contributed by atoms with van der Waals surface area (Å²) in [5, 5.41) is 0. The van der Waals surface area contributed by atoms with Crippen molar-refractivity contribution >= 4 is 15.5 Å². The van der Waals surface area contributed by atoms with Crippen LogP contribution >= 0.6 is 0 Å². The van der Waals surface area contributed by atoms with Crippen molar-refractivity contribution in [2.24, 2.45) is 0 Å². The van der Waals surface area contributed by atoms with E-state index in [9.17, 15) is 8.42 Å². The third kappa shape index (κ3) is 3.97. The van der Waals surface area contributed by atoms with Crippen LogP contribution in [0.15, 0.2) is 65.6 Å². The molecule has 3 rings (SSSR count). The maximum atomic E-state index is 12.4. The van der Waals surface area contributed by atoms with Crippen molar-refractivity contribution in [3.63, 3.8) is 0 Å². The summed E-state index contributed by atoms with van der Waals surface area (Å²) in [5.74, 6) is 0.173. The van der Waals surface area contributed by atoms with E-state index in [4.69, 9.17) is 0 Å². The van der Waals surface area contributed by atoms with Gasteiger partial charge in [0.1, 0.15) is 0 Å². The fraction of sp³-hybridized carbons (Fsp3) is 0.368. The smallest absolute Gasteiger partial charge is 0.179 e. The maximum Gasteiger partial charge on any atom is 0.179 e. The third-order valence-electron chi connectivity index (χ3n) is 4.64. The number of sulfone groups is 1. The average molecular weight is 344 g/mol. The van der Waals surface area contributed by atoms with Crippen LogP contribution in [0.3, 0.4) is 0 Å². The van der Waals surface area contributed by atoms with Gasteiger partial charge in [-0.25, -0.2) is 8.42 Å². The van der Waals surface area contributed by atoms with Crippen LogP contribution < -0.4 is 4.90 Å². The minimum atomic E-state index is -3.20. The number of anilines is 1. The highest BCUT2D eigenvalue weighted by atomic mass is 32.2. The Balaban J connectivity index is 1.58. The van der Waals surface area contributed by atoms with E-state index in [1.807, 2.05) is 12.1 Å². The molecule has 1 heterocycles. The van der Waals surface area contributed by atoms with Crippen LogP contribution in [0, 0.1) is 0 Å². The van der Waals surface area contributed by atoms with Crippen molar-refractivity contribution in [3.8, 4) is 0 Å². The maximum absolute atomic E-state index is 12.4. The van der Waals surface area contributed by atoms with Gasteiger partial charge in [0.05, 0.1) is 10.6 Å². The molecule has 2 aromatic rings. The number of benzene rings is 2. The SMILES string of the molecule is C[C@@H]1CN(c2ccccc2)CCN1CCS(=O)(=O)c1ccccc1. The van der Waals surface area contributed by atoms with Crippen molar-refractivity contribution in [2.75, 3.05) is 36.8 Å². The van der Waals surface area contributed by atoms with E-state index in [1.54, 1.807) is 24.3 Å². The van der Waals surface area contributed by atoms with Gasteiger partial charge in [0.15, 0.2) is 9.84 Å². The van der Waals surface area contributed by atoms with Crippen LogP contribution in [0.25, 0.3) is 0 Å². The predicted octanol–water partition coefficient (Wildman–Crippen LogP) is 2.67. The zero-order chi connectivity index (χ0) is 17.0. The zero-order valence-corrected chi connectivity index (χ0v) is 14.8. The van der Waals surface area contributed by atoms with Crippen LogP contribution in [-0.4, -0.2) is 51.3 Å². The molecule has 0 amide bonds. The zero-order valence-electron chi connectivity index (χ0n) is 14.0. The third-order valence-corrected chi connectivity index (χ3v) is 6.35. The van der Waals surface area contributed by atoms with Crippen molar-refractivity contribution in [1.29, 1.82) is 0 Å². The molecule has 5 heteroatoms. The highest BCUT2D eigenvalue weighted by Gasteiger charge is 2.25. The molecule has 0 saturated carbocycles. The van der Waals surface area contributed by atoms with E-state index in [-0.39, 0.29) is 5.75 Å². The fourth-order valence-corrected chi connectivity index (χ4v) is 4.47. The second-order valence-electron chi connectivity index (χ2n) is 6.30. The van der Waals surface area contributed by atoms with Gasteiger partial charge in [-0.1, -0.05) is 36.4 Å². The number of para-hydroxylation sites is 1. The van der Waals surface area contributed by atoms with Crippen LogP contribution in [0.4, 0.5) is 5.69 Å². The van der Waals surface area contributed by atoms with Gasteiger partial charge in [-0.05, 0) is 31.2 Å². The van der Waals surface area contributed by atoms with Crippen LogP contribution in [0.5, 0.6) is 0 Å². The Hall–Kier alpha value is -1.85. The van der Waals surface area contributed by atoms with Crippen LogP contribution in [-0.2, 0) is 9.84 Å². The van der Waals surface area contributed by atoms with Gasteiger partial charge in [-0.2, -0.15) is 0 Å². The number of rotatable bonds is 5. The van der Waals surface area contributed by atoms with Crippen LogP contribution in [0.1, 0.15) is 6.92 Å². The van der Waals surface area contributed by atoms with E-state index in [1.165, 1.54) is 5.69 Å². The predicted molar refractivity (Wildman–Crippen MR) is 98.2 cm³/mol. The van der Waals surface area contributed by atoms with Crippen molar-refractivity contribution < 1.29 is 8.42 Å². The highest BCUT2D eigenvalue weighted by Crippen LogP contribution is 2.19. The molecule has 128 valence electrons. The summed E-state index contributed by atoms with van der Waals surface area (Å²) in [7, 11) is -3.20. The van der Waals surface area contributed by atoms with Gasteiger partial charge >= 0.3 is 0 Å². The molecule has 0 aliphatic carbocycles. The van der Waals surface area contributed by atoms with E-state index >= 15 is 0 Å². The first kappa shape index (κ1) is 17.0. The number of piperazine rings is 1. The Morgan fingerprint density at radius 3 is 2.21 bits per heavy atom. The quantitative estimate of drug-likeness (QED) is 0.836. The molecule has 1 saturated heterocycles. The standard InChI is InChI=1S/C19H24N2O2S/c1-17-16-21(18-8-4-2-5-9-18)13-12-20(17)14-15-24(22,23)19-10-6-3-7-11-19/h2-11,17H,12-16H2,1H3/t17-/m1/s1. The Kier molecular flexibility index (Phi) is 5.21. The molecule has 0 aromatic heterocycles. The minimum absolute atomic E-state index is 0.173. The second-order valence-corrected chi connectivity index (χ2v) is 8.41. The molecule has 1 aliphatic heterocycles. The molecule has 1 aliphatic rings. The first-order valence-electron chi connectivity index (χ1n) is 8.38. The molecule has 0 spiro atoms. The lowest BCUT2D eigenvalue weighted by Crippen LogP contribution is -2.53. The molecule has 0 N–H and O–H groups in total. The lowest BCUT2D eigenvalue weighted by Gasteiger charge is -2.41. The summed E-state index contributed by atoms with van der Waals surface area (Å²) in [6, 6.07) is 19.5. The molecule has 0 radical (unpaired) electrons. The number of nitrogens with zero attached hydrogens (tertiary/aromatic N) is 2. The van der Waals surface area contributed by atoms with E-state index < -0.39 is 9.84 Å². The summed E-state index contributed by atoms with van der Waals surface area (Å²) >= 11 is 0. The molecular weight excluding hydrogens is 320 g/mol. The van der Waals surface area contributed by atoms with Crippen molar-refractivity contribution in [3.05, 3.63) is 60.7 Å². The normalized spacial score (nSPS) is 19.4. The summed E-state index contributed by atoms with van der Waals surface area (Å²) < 4.78 is 24.9. The van der Waals surface area contributed by atoms with E-state index in [0.29, 0.717) is 17.5 Å². The average Bonchev–Trinajstić information content (AvgIpc) is 2.62.